The maximum atomic E-state index is 13.5. The molecule has 0 aromatic heterocycles. The van der Waals surface area contributed by atoms with Crippen LogP contribution in [-0.4, -0.2) is 144 Å². The van der Waals surface area contributed by atoms with Gasteiger partial charge in [-0.1, -0.05) is 0 Å². The molecule has 0 aliphatic rings. The number of primary amides is 1. The summed E-state index contributed by atoms with van der Waals surface area (Å²) in [6.45, 7) is 7.05. The number of esters is 1. The van der Waals surface area contributed by atoms with Crippen molar-refractivity contribution < 1.29 is 79.3 Å². The molecule has 0 unspecified atom stereocenters. The van der Waals surface area contributed by atoms with Crippen molar-refractivity contribution in [2.24, 2.45) is 5.73 Å². The van der Waals surface area contributed by atoms with Crippen molar-refractivity contribution in [2.75, 3.05) is 132 Å². The lowest BCUT2D eigenvalue weighted by atomic mass is 10.3. The summed E-state index contributed by atoms with van der Waals surface area (Å²) in [5.74, 6) is -9.89. The fourth-order valence-corrected chi connectivity index (χ4v) is 3.22. The lowest BCUT2D eigenvalue weighted by Crippen LogP contribution is -2.16. The number of ether oxygens (including phenoxy) is 11. The first kappa shape index (κ1) is 43.5. The number of hydrogen-bond donors (Lipinski definition) is 1. The van der Waals surface area contributed by atoms with Gasteiger partial charge < -0.3 is 57.8 Å². The number of amides is 1. The molecule has 48 heavy (non-hydrogen) atoms. The third-order valence-electron chi connectivity index (χ3n) is 5.58. The van der Waals surface area contributed by atoms with E-state index < -0.39 is 47.3 Å². The molecule has 0 aliphatic heterocycles. The van der Waals surface area contributed by atoms with E-state index in [4.69, 9.17) is 53.1 Å². The number of carbonyl (C=O) groups is 2. The van der Waals surface area contributed by atoms with Gasteiger partial charge in [0.2, 0.25) is 23.3 Å². The predicted molar refractivity (Wildman–Crippen MR) is 159 cm³/mol. The van der Waals surface area contributed by atoms with Crippen LogP contribution in [0.15, 0.2) is 6.07 Å². The Morgan fingerprint density at radius 3 is 0.958 bits per heavy atom. The first-order valence-electron chi connectivity index (χ1n) is 15.4. The summed E-state index contributed by atoms with van der Waals surface area (Å²) >= 11 is 0. The van der Waals surface area contributed by atoms with Gasteiger partial charge in [0, 0.05) is 12.5 Å². The summed E-state index contributed by atoms with van der Waals surface area (Å²) in [5.41, 5.74) is 5.00. The van der Waals surface area contributed by atoms with E-state index in [1.165, 1.54) is 0 Å². The molecule has 0 aliphatic carbocycles. The molecule has 1 amide bonds. The average molecular weight is 706 g/mol. The van der Waals surface area contributed by atoms with Gasteiger partial charge in [0.25, 0.3) is 0 Å². The first-order chi connectivity index (χ1) is 23.3. The second-order valence-electron chi connectivity index (χ2n) is 9.36. The summed E-state index contributed by atoms with van der Waals surface area (Å²) in [6.07, 6.45) is -0.197. The Morgan fingerprint density at radius 2 is 0.688 bits per heavy atom. The van der Waals surface area contributed by atoms with E-state index in [-0.39, 0.29) is 32.3 Å². The van der Waals surface area contributed by atoms with Crippen LogP contribution in [0.5, 0.6) is 5.75 Å². The Bertz CT molecular complexity index is 955. The Labute approximate surface area is 277 Å². The van der Waals surface area contributed by atoms with Crippen LogP contribution in [0.4, 0.5) is 17.6 Å². The molecule has 1 aromatic carbocycles. The average Bonchev–Trinajstić information content (AvgIpc) is 3.06. The molecule has 18 heteroatoms. The van der Waals surface area contributed by atoms with Crippen LogP contribution in [-0.2, 0) is 57.0 Å². The van der Waals surface area contributed by atoms with Gasteiger partial charge in [-0.2, -0.15) is 8.78 Å². The quantitative estimate of drug-likeness (QED) is 0.0362. The standard InChI is InChI=1S/C30H47F4NO13/c31-24-23-25(32)29(34)30(28(24)33)48-27(37)2-4-39-6-8-41-10-12-43-14-16-45-18-20-47-22-21-46-19-17-44-15-13-42-11-9-40-7-5-38-3-1-26(35)36/h23H,1-22H2,(H2,35,36). The van der Waals surface area contributed by atoms with Gasteiger partial charge in [-0.25, -0.2) is 8.78 Å². The van der Waals surface area contributed by atoms with Crippen LogP contribution >= 0.6 is 0 Å². The third-order valence-corrected chi connectivity index (χ3v) is 5.58. The zero-order valence-corrected chi connectivity index (χ0v) is 27.0. The molecule has 0 saturated heterocycles. The summed E-state index contributed by atoms with van der Waals surface area (Å²) in [4.78, 5) is 22.2. The lowest BCUT2D eigenvalue weighted by Gasteiger charge is -2.09. The predicted octanol–water partition coefficient (Wildman–Crippen LogP) is 1.58. The summed E-state index contributed by atoms with van der Waals surface area (Å²) in [7, 11) is 0. The zero-order valence-electron chi connectivity index (χ0n) is 27.0. The molecule has 1 aromatic rings. The van der Waals surface area contributed by atoms with E-state index in [1.54, 1.807) is 0 Å². The maximum absolute atomic E-state index is 13.5. The largest absolute Gasteiger partial charge is 0.420 e. The van der Waals surface area contributed by atoms with Gasteiger partial charge in [0.05, 0.1) is 139 Å². The minimum Gasteiger partial charge on any atom is -0.420 e. The number of rotatable bonds is 34. The Balaban J connectivity index is 1.73. The topological polar surface area (TPSA) is 162 Å². The molecule has 278 valence electrons. The number of benzene rings is 1. The molecule has 0 radical (unpaired) electrons. The van der Waals surface area contributed by atoms with Crippen molar-refractivity contribution in [3.8, 4) is 5.75 Å². The molecule has 0 bridgehead atoms. The molecule has 0 atom stereocenters. The van der Waals surface area contributed by atoms with Crippen LogP contribution in [0.3, 0.4) is 0 Å². The lowest BCUT2D eigenvalue weighted by molar-refractivity contribution is -0.136. The highest BCUT2D eigenvalue weighted by Gasteiger charge is 2.22. The summed E-state index contributed by atoms with van der Waals surface area (Å²) in [5, 5.41) is 0. The molecular formula is C30H47F4NO13. The molecular weight excluding hydrogens is 658 g/mol. The van der Waals surface area contributed by atoms with Crippen molar-refractivity contribution in [3.63, 3.8) is 0 Å². The minimum atomic E-state index is -1.80. The van der Waals surface area contributed by atoms with Gasteiger partial charge in [-0.05, 0) is 0 Å². The van der Waals surface area contributed by atoms with Gasteiger partial charge >= 0.3 is 5.97 Å². The maximum Gasteiger partial charge on any atom is 0.313 e. The summed E-state index contributed by atoms with van der Waals surface area (Å²) < 4.78 is 111. The van der Waals surface area contributed by atoms with Crippen molar-refractivity contribution in [2.45, 2.75) is 12.8 Å². The number of carbonyl (C=O) groups excluding carboxylic acids is 2. The number of hydrogen-bond acceptors (Lipinski definition) is 13. The molecule has 0 saturated carbocycles. The van der Waals surface area contributed by atoms with E-state index in [1.807, 2.05) is 0 Å². The van der Waals surface area contributed by atoms with E-state index in [2.05, 4.69) is 4.74 Å². The molecule has 1 rings (SSSR count). The van der Waals surface area contributed by atoms with Crippen molar-refractivity contribution in [3.05, 3.63) is 29.3 Å². The SMILES string of the molecule is NC(=O)CCOCCOCCOCCOCCOCCOCCOCCOCCOCCOCCC(=O)Oc1c(F)c(F)cc(F)c1F. The van der Waals surface area contributed by atoms with E-state index in [0.29, 0.717) is 112 Å². The molecule has 0 fully saturated rings. The van der Waals surface area contributed by atoms with Crippen molar-refractivity contribution in [1.29, 1.82) is 0 Å². The molecule has 2 N–H and O–H groups in total. The third kappa shape index (κ3) is 24.6. The van der Waals surface area contributed by atoms with Crippen LogP contribution in [0.1, 0.15) is 12.8 Å². The first-order valence-corrected chi connectivity index (χ1v) is 15.4. The second kappa shape index (κ2) is 30.5. The van der Waals surface area contributed by atoms with E-state index in [0.717, 1.165) is 0 Å². The van der Waals surface area contributed by atoms with Gasteiger partial charge in [0.15, 0.2) is 11.6 Å². The van der Waals surface area contributed by atoms with Crippen LogP contribution in [0.2, 0.25) is 0 Å². The number of halogens is 4. The highest BCUT2D eigenvalue weighted by atomic mass is 19.2. The fraction of sp³-hybridized carbons (Fsp3) is 0.733. The fourth-order valence-electron chi connectivity index (χ4n) is 3.22. The molecule has 14 nitrogen and oxygen atoms in total. The zero-order chi connectivity index (χ0) is 35.1. The monoisotopic (exact) mass is 705 g/mol. The molecule has 0 spiro atoms. The van der Waals surface area contributed by atoms with Crippen LogP contribution in [0, 0.1) is 23.3 Å². The Morgan fingerprint density at radius 1 is 0.438 bits per heavy atom. The normalized spacial score (nSPS) is 11.3. The smallest absolute Gasteiger partial charge is 0.313 e. The Hall–Kier alpha value is -2.52. The van der Waals surface area contributed by atoms with Crippen molar-refractivity contribution >= 4 is 11.9 Å². The highest BCUT2D eigenvalue weighted by Crippen LogP contribution is 2.26. The van der Waals surface area contributed by atoms with Crippen LogP contribution < -0.4 is 10.5 Å². The van der Waals surface area contributed by atoms with E-state index >= 15 is 0 Å². The minimum absolute atomic E-state index is 0.0151. The number of nitrogens with two attached hydrogens (primary N) is 1. The van der Waals surface area contributed by atoms with Crippen LogP contribution in [0.25, 0.3) is 0 Å². The highest BCUT2D eigenvalue weighted by molar-refractivity contribution is 5.73. The second-order valence-corrected chi connectivity index (χ2v) is 9.36. The summed E-state index contributed by atoms with van der Waals surface area (Å²) in [6, 6.07) is 0.0151. The molecule has 0 heterocycles. The van der Waals surface area contributed by atoms with Crippen molar-refractivity contribution in [1.82, 2.24) is 0 Å². The Kier molecular flexibility index (Phi) is 27.7. The van der Waals surface area contributed by atoms with E-state index in [9.17, 15) is 27.2 Å². The van der Waals surface area contributed by atoms with Gasteiger partial charge in [0.1, 0.15) is 0 Å². The van der Waals surface area contributed by atoms with Gasteiger partial charge in [-0.15, -0.1) is 0 Å². The van der Waals surface area contributed by atoms with Gasteiger partial charge in [-0.3, -0.25) is 9.59 Å².